The van der Waals surface area contributed by atoms with Gasteiger partial charge in [0, 0.05) is 12.4 Å². The fourth-order valence-electron chi connectivity index (χ4n) is 1.84. The maximum atomic E-state index is 11.1. The van der Waals surface area contributed by atoms with Crippen molar-refractivity contribution in [2.75, 3.05) is 0 Å². The Bertz CT molecular complexity index is 734. The van der Waals surface area contributed by atoms with Crippen molar-refractivity contribution in [1.29, 1.82) is 0 Å². The van der Waals surface area contributed by atoms with Gasteiger partial charge in [-0.05, 0) is 29.3 Å². The second kappa shape index (κ2) is 3.96. The van der Waals surface area contributed by atoms with Crippen LogP contribution in [0, 0.1) is 0 Å². The molecule has 3 rings (SSSR count). The molecule has 3 aromatic rings. The molecule has 1 aromatic carbocycles. The largest absolute Gasteiger partial charge is 0.478 e. The monoisotopic (exact) mass is 240 g/mol. The number of carboxylic acid groups (broad SMARTS) is 1. The number of rotatable bonds is 2. The Morgan fingerprint density at radius 1 is 1.28 bits per heavy atom. The summed E-state index contributed by atoms with van der Waals surface area (Å²) < 4.78 is 5.21. The second-order valence-corrected chi connectivity index (χ2v) is 3.76. The molecule has 0 fully saturated rings. The zero-order valence-electron chi connectivity index (χ0n) is 9.20. The number of carbonyl (C=O) groups is 1. The van der Waals surface area contributed by atoms with Gasteiger partial charge in [0.05, 0.1) is 5.56 Å². The van der Waals surface area contributed by atoms with Crippen molar-refractivity contribution in [3.8, 4) is 11.1 Å². The average molecular weight is 240 g/mol. The minimum Gasteiger partial charge on any atom is -0.478 e. The van der Waals surface area contributed by atoms with Gasteiger partial charge in [-0.1, -0.05) is 6.07 Å². The van der Waals surface area contributed by atoms with Crippen molar-refractivity contribution < 1.29 is 14.3 Å². The molecule has 0 aliphatic carbocycles. The smallest absolute Gasteiger partial charge is 0.337 e. The average Bonchev–Trinajstić information content (AvgIpc) is 2.85. The molecule has 5 nitrogen and oxygen atoms in total. The van der Waals surface area contributed by atoms with Crippen LogP contribution in [0.3, 0.4) is 0 Å². The summed E-state index contributed by atoms with van der Waals surface area (Å²) in [6.07, 6.45) is 4.26. The van der Waals surface area contributed by atoms with E-state index in [0.717, 1.165) is 11.1 Å². The number of fused-ring (bicyclic) bond motifs is 1. The third-order valence-corrected chi connectivity index (χ3v) is 2.69. The molecule has 2 heterocycles. The van der Waals surface area contributed by atoms with Crippen LogP contribution in [0.1, 0.15) is 10.4 Å². The van der Waals surface area contributed by atoms with Crippen molar-refractivity contribution in [2.45, 2.75) is 0 Å². The molecule has 5 heteroatoms. The highest BCUT2D eigenvalue weighted by atomic mass is 16.4. The molecule has 0 unspecified atom stereocenters. The predicted molar refractivity (Wildman–Crippen MR) is 64.2 cm³/mol. The number of nitrogens with zero attached hydrogens (tertiary/aromatic N) is 2. The molecule has 0 radical (unpaired) electrons. The van der Waals surface area contributed by atoms with Gasteiger partial charge < -0.3 is 9.52 Å². The Labute approximate surface area is 102 Å². The second-order valence-electron chi connectivity index (χ2n) is 3.76. The number of hydrogen-bond acceptors (Lipinski definition) is 4. The van der Waals surface area contributed by atoms with E-state index < -0.39 is 5.97 Å². The highest BCUT2D eigenvalue weighted by molar-refractivity contribution is 5.96. The Hall–Kier alpha value is -2.69. The lowest BCUT2D eigenvalue weighted by Crippen LogP contribution is -2.00. The molecule has 0 aliphatic rings. The highest BCUT2D eigenvalue weighted by Gasteiger charge is 2.12. The van der Waals surface area contributed by atoms with Gasteiger partial charge in [-0.25, -0.2) is 9.78 Å². The van der Waals surface area contributed by atoms with E-state index in [1.54, 1.807) is 24.4 Å². The molecule has 0 saturated heterocycles. The number of aromatic nitrogens is 2. The normalized spacial score (nSPS) is 10.7. The Kier molecular flexibility index (Phi) is 2.30. The van der Waals surface area contributed by atoms with Crippen LogP contribution in [0.25, 0.3) is 22.2 Å². The standard InChI is InChI=1S/C13H8N2O3/c16-13(17)10-6-14-4-3-9(10)8-1-2-11-12(5-8)18-7-15-11/h1-7H,(H,16,17). The molecular weight excluding hydrogens is 232 g/mol. The van der Waals surface area contributed by atoms with Gasteiger partial charge >= 0.3 is 5.97 Å². The molecule has 1 N–H and O–H groups in total. The van der Waals surface area contributed by atoms with Crippen LogP contribution in [-0.4, -0.2) is 21.0 Å². The molecular formula is C13H8N2O3. The van der Waals surface area contributed by atoms with Gasteiger partial charge in [0.25, 0.3) is 0 Å². The fraction of sp³-hybridized carbons (Fsp3) is 0. The molecule has 0 atom stereocenters. The van der Waals surface area contributed by atoms with E-state index in [0.29, 0.717) is 11.1 Å². The van der Waals surface area contributed by atoms with Crippen molar-refractivity contribution in [2.24, 2.45) is 0 Å². The SMILES string of the molecule is O=C(O)c1cnccc1-c1ccc2ncoc2c1. The van der Waals surface area contributed by atoms with E-state index in [4.69, 9.17) is 9.52 Å². The minimum absolute atomic E-state index is 0.163. The van der Waals surface area contributed by atoms with Crippen LogP contribution >= 0.6 is 0 Å². The van der Waals surface area contributed by atoms with Gasteiger partial charge in [-0.15, -0.1) is 0 Å². The molecule has 0 bridgehead atoms. The third kappa shape index (κ3) is 1.62. The van der Waals surface area contributed by atoms with E-state index >= 15 is 0 Å². The Morgan fingerprint density at radius 3 is 3.00 bits per heavy atom. The molecule has 88 valence electrons. The summed E-state index contributed by atoms with van der Waals surface area (Å²) >= 11 is 0. The van der Waals surface area contributed by atoms with Crippen LogP contribution in [0.15, 0.2) is 47.5 Å². The number of carboxylic acids is 1. The van der Waals surface area contributed by atoms with Crippen LogP contribution in [0.4, 0.5) is 0 Å². The maximum Gasteiger partial charge on any atom is 0.337 e. The molecule has 0 saturated carbocycles. The minimum atomic E-state index is -1.00. The van der Waals surface area contributed by atoms with E-state index in [-0.39, 0.29) is 5.56 Å². The quantitative estimate of drug-likeness (QED) is 0.745. The Morgan fingerprint density at radius 2 is 2.17 bits per heavy atom. The topological polar surface area (TPSA) is 76.2 Å². The van der Waals surface area contributed by atoms with Crippen molar-refractivity contribution >= 4 is 17.1 Å². The van der Waals surface area contributed by atoms with E-state index in [9.17, 15) is 4.79 Å². The lowest BCUT2D eigenvalue weighted by molar-refractivity contribution is 0.0697. The number of aromatic carboxylic acids is 1. The van der Waals surface area contributed by atoms with Gasteiger partial charge in [0.2, 0.25) is 0 Å². The summed E-state index contributed by atoms with van der Waals surface area (Å²) in [5.74, 6) is -1.00. The summed E-state index contributed by atoms with van der Waals surface area (Å²) in [6.45, 7) is 0. The van der Waals surface area contributed by atoms with Crippen LogP contribution in [-0.2, 0) is 0 Å². The highest BCUT2D eigenvalue weighted by Crippen LogP contribution is 2.26. The van der Waals surface area contributed by atoms with E-state index in [2.05, 4.69) is 9.97 Å². The summed E-state index contributed by atoms with van der Waals surface area (Å²) in [6, 6.07) is 7.04. The zero-order chi connectivity index (χ0) is 12.5. The van der Waals surface area contributed by atoms with E-state index in [1.807, 2.05) is 6.07 Å². The third-order valence-electron chi connectivity index (χ3n) is 2.69. The lowest BCUT2D eigenvalue weighted by atomic mass is 10.0. The van der Waals surface area contributed by atoms with Gasteiger partial charge in [-0.3, -0.25) is 4.98 Å². The number of benzene rings is 1. The van der Waals surface area contributed by atoms with Gasteiger partial charge in [-0.2, -0.15) is 0 Å². The summed E-state index contributed by atoms with van der Waals surface area (Å²) in [5, 5.41) is 9.12. The molecule has 0 amide bonds. The van der Waals surface area contributed by atoms with Crippen LogP contribution in [0.2, 0.25) is 0 Å². The zero-order valence-corrected chi connectivity index (χ0v) is 9.20. The number of oxazole rings is 1. The molecule has 0 spiro atoms. The maximum absolute atomic E-state index is 11.1. The van der Waals surface area contributed by atoms with Crippen molar-refractivity contribution in [1.82, 2.24) is 9.97 Å². The van der Waals surface area contributed by atoms with Gasteiger partial charge in [0.15, 0.2) is 12.0 Å². The van der Waals surface area contributed by atoms with Crippen molar-refractivity contribution in [3.05, 3.63) is 48.6 Å². The van der Waals surface area contributed by atoms with Crippen molar-refractivity contribution in [3.63, 3.8) is 0 Å². The first-order chi connectivity index (χ1) is 8.75. The summed E-state index contributed by atoms with van der Waals surface area (Å²) in [5.41, 5.74) is 2.90. The summed E-state index contributed by atoms with van der Waals surface area (Å²) in [4.78, 5) is 19.0. The number of hydrogen-bond donors (Lipinski definition) is 1. The summed E-state index contributed by atoms with van der Waals surface area (Å²) in [7, 11) is 0. The number of pyridine rings is 1. The van der Waals surface area contributed by atoms with Gasteiger partial charge in [0.1, 0.15) is 5.52 Å². The first-order valence-corrected chi connectivity index (χ1v) is 5.26. The fourth-order valence-corrected chi connectivity index (χ4v) is 1.84. The first kappa shape index (κ1) is 10.5. The lowest BCUT2D eigenvalue weighted by Gasteiger charge is -2.04. The molecule has 2 aromatic heterocycles. The molecule has 0 aliphatic heterocycles. The van der Waals surface area contributed by atoms with Crippen LogP contribution in [0.5, 0.6) is 0 Å². The predicted octanol–water partition coefficient (Wildman–Crippen LogP) is 2.59. The first-order valence-electron chi connectivity index (χ1n) is 5.26. The van der Waals surface area contributed by atoms with Crippen LogP contribution < -0.4 is 0 Å². The molecule has 18 heavy (non-hydrogen) atoms. The van der Waals surface area contributed by atoms with E-state index in [1.165, 1.54) is 12.6 Å². The Balaban J connectivity index is 2.22.